The lowest BCUT2D eigenvalue weighted by Gasteiger charge is -2.28. The lowest BCUT2D eigenvalue weighted by molar-refractivity contribution is -0.137. The number of morpholine rings is 1. The van der Waals surface area contributed by atoms with Crippen molar-refractivity contribution < 1.29 is 19.1 Å². The molecule has 2 aromatic carbocycles. The van der Waals surface area contributed by atoms with Crippen LogP contribution >= 0.6 is 11.6 Å². The zero-order valence-corrected chi connectivity index (χ0v) is 20.6. The Kier molecular flexibility index (Phi) is 9.74. The first-order valence-electron chi connectivity index (χ1n) is 11.7. The summed E-state index contributed by atoms with van der Waals surface area (Å²) in [5.41, 5.74) is -0.216. The second-order valence-electron chi connectivity index (χ2n) is 8.88. The Labute approximate surface area is 206 Å². The van der Waals surface area contributed by atoms with E-state index in [9.17, 15) is 9.59 Å². The van der Waals surface area contributed by atoms with Crippen LogP contribution < -0.4 is 15.4 Å². The van der Waals surface area contributed by atoms with Gasteiger partial charge in [0.25, 0.3) is 5.91 Å². The number of hydrogen-bond acceptors (Lipinski definition) is 5. The minimum atomic E-state index is -1.18. The van der Waals surface area contributed by atoms with Crippen molar-refractivity contribution in [2.75, 3.05) is 39.4 Å². The molecule has 0 radical (unpaired) electrons. The van der Waals surface area contributed by atoms with Gasteiger partial charge in [-0.15, -0.1) is 0 Å². The third-order valence-corrected chi connectivity index (χ3v) is 5.94. The van der Waals surface area contributed by atoms with Gasteiger partial charge in [-0.3, -0.25) is 14.5 Å². The molecule has 7 nitrogen and oxygen atoms in total. The summed E-state index contributed by atoms with van der Waals surface area (Å²) in [6.07, 6.45) is 1.22. The summed E-state index contributed by atoms with van der Waals surface area (Å²) in [6, 6.07) is 15.8. The highest BCUT2D eigenvalue weighted by atomic mass is 35.5. The Bertz CT molecular complexity index is 915. The molecule has 0 spiro atoms. The van der Waals surface area contributed by atoms with E-state index in [2.05, 4.69) is 15.5 Å². The van der Waals surface area contributed by atoms with Crippen molar-refractivity contribution >= 4 is 23.4 Å². The van der Waals surface area contributed by atoms with E-state index < -0.39 is 11.6 Å². The highest BCUT2D eigenvalue weighted by Crippen LogP contribution is 2.21. The monoisotopic (exact) mass is 487 g/mol. The first-order valence-corrected chi connectivity index (χ1v) is 12.1. The van der Waals surface area contributed by atoms with Gasteiger partial charge in [-0.2, -0.15) is 0 Å². The molecule has 1 heterocycles. The van der Waals surface area contributed by atoms with Crippen LogP contribution in [-0.2, 0) is 20.7 Å². The summed E-state index contributed by atoms with van der Waals surface area (Å²) in [6.45, 7) is 8.15. The fraction of sp³-hybridized carbons (Fsp3) is 0.462. The van der Waals surface area contributed by atoms with Gasteiger partial charge in [-0.25, -0.2) is 0 Å². The van der Waals surface area contributed by atoms with Crippen molar-refractivity contribution in [1.29, 1.82) is 0 Å². The normalized spacial score (nSPS) is 15.4. The molecular formula is C26H34ClN3O4. The Morgan fingerprint density at radius 3 is 2.44 bits per heavy atom. The van der Waals surface area contributed by atoms with Crippen LogP contribution in [0.15, 0.2) is 54.6 Å². The quantitative estimate of drug-likeness (QED) is 0.476. The predicted molar refractivity (Wildman–Crippen MR) is 133 cm³/mol. The molecule has 0 saturated carbocycles. The van der Waals surface area contributed by atoms with Crippen molar-refractivity contribution in [3.8, 4) is 5.75 Å². The van der Waals surface area contributed by atoms with Crippen LogP contribution in [-0.4, -0.2) is 67.7 Å². The first-order chi connectivity index (χ1) is 16.3. The number of benzene rings is 2. The predicted octanol–water partition coefficient (Wildman–Crippen LogP) is 3.06. The molecule has 184 valence electrons. The first kappa shape index (κ1) is 26.0. The highest BCUT2D eigenvalue weighted by Gasteiger charge is 2.33. The highest BCUT2D eigenvalue weighted by molar-refractivity contribution is 6.30. The largest absolute Gasteiger partial charge is 0.478 e. The van der Waals surface area contributed by atoms with Crippen molar-refractivity contribution in [1.82, 2.24) is 15.5 Å². The second kappa shape index (κ2) is 12.7. The molecule has 1 aliphatic heterocycles. The molecule has 0 aliphatic carbocycles. The summed E-state index contributed by atoms with van der Waals surface area (Å²) >= 11 is 5.93. The third kappa shape index (κ3) is 8.31. The van der Waals surface area contributed by atoms with Gasteiger partial charge in [-0.05, 0) is 56.6 Å². The number of carbonyl (C=O) groups excluding carboxylic acids is 2. The van der Waals surface area contributed by atoms with Crippen LogP contribution in [0.3, 0.4) is 0 Å². The zero-order valence-electron chi connectivity index (χ0n) is 19.9. The molecule has 1 aliphatic rings. The summed E-state index contributed by atoms with van der Waals surface area (Å²) in [5.74, 6) is -0.0509. The van der Waals surface area contributed by atoms with Crippen LogP contribution in [0, 0.1) is 0 Å². The molecule has 8 heteroatoms. The van der Waals surface area contributed by atoms with Gasteiger partial charge < -0.3 is 20.1 Å². The lowest BCUT2D eigenvalue weighted by Crippen LogP contribution is -2.55. The van der Waals surface area contributed by atoms with Crippen LogP contribution in [0.2, 0.25) is 5.02 Å². The maximum absolute atomic E-state index is 13.1. The van der Waals surface area contributed by atoms with Crippen LogP contribution in [0.5, 0.6) is 5.75 Å². The van der Waals surface area contributed by atoms with E-state index in [1.54, 1.807) is 38.1 Å². The summed E-state index contributed by atoms with van der Waals surface area (Å²) in [5, 5.41) is 6.47. The van der Waals surface area contributed by atoms with E-state index in [1.165, 1.54) is 0 Å². The molecule has 0 unspecified atom stereocenters. The van der Waals surface area contributed by atoms with Crippen LogP contribution in [0.4, 0.5) is 0 Å². The lowest BCUT2D eigenvalue weighted by atomic mass is 10.0. The SMILES string of the molecule is CC(C)(Oc1ccc(Cl)cc1)C(=O)N[C@@H](Cc1ccccc1)C(=O)NCCCN1CCOCC1. The maximum Gasteiger partial charge on any atom is 0.264 e. The van der Waals surface area contributed by atoms with Crippen molar-refractivity contribution in [2.24, 2.45) is 0 Å². The molecule has 1 saturated heterocycles. The zero-order chi connectivity index (χ0) is 24.4. The van der Waals surface area contributed by atoms with E-state index in [0.29, 0.717) is 23.7 Å². The number of nitrogens with one attached hydrogen (secondary N) is 2. The summed E-state index contributed by atoms with van der Waals surface area (Å²) in [4.78, 5) is 28.5. The van der Waals surface area contributed by atoms with Crippen LogP contribution in [0.1, 0.15) is 25.8 Å². The number of carbonyl (C=O) groups is 2. The van der Waals surface area contributed by atoms with E-state index in [1.807, 2.05) is 30.3 Å². The molecule has 2 amide bonds. The van der Waals surface area contributed by atoms with Gasteiger partial charge in [0, 0.05) is 31.1 Å². The molecule has 2 aromatic rings. The van der Waals surface area contributed by atoms with Crippen LogP contribution in [0.25, 0.3) is 0 Å². The average molecular weight is 488 g/mol. The minimum absolute atomic E-state index is 0.207. The smallest absolute Gasteiger partial charge is 0.264 e. The Morgan fingerprint density at radius 2 is 1.76 bits per heavy atom. The molecule has 3 rings (SSSR count). The maximum atomic E-state index is 13.1. The van der Waals surface area contributed by atoms with Gasteiger partial charge in [-0.1, -0.05) is 41.9 Å². The topological polar surface area (TPSA) is 79.9 Å². The van der Waals surface area contributed by atoms with Crippen molar-refractivity contribution in [3.05, 3.63) is 65.2 Å². The number of amides is 2. The molecule has 0 aromatic heterocycles. The second-order valence-corrected chi connectivity index (χ2v) is 9.32. The van der Waals surface area contributed by atoms with E-state index in [-0.39, 0.29) is 11.8 Å². The molecule has 34 heavy (non-hydrogen) atoms. The van der Waals surface area contributed by atoms with Gasteiger partial charge in [0.05, 0.1) is 13.2 Å². The number of halogens is 1. The third-order valence-electron chi connectivity index (χ3n) is 5.69. The van der Waals surface area contributed by atoms with Gasteiger partial charge >= 0.3 is 0 Å². The van der Waals surface area contributed by atoms with Gasteiger partial charge in [0.2, 0.25) is 5.91 Å². The number of nitrogens with zero attached hydrogens (tertiary/aromatic N) is 1. The van der Waals surface area contributed by atoms with E-state index >= 15 is 0 Å². The fourth-order valence-electron chi connectivity index (χ4n) is 3.70. The molecule has 1 atom stereocenters. The molecule has 1 fully saturated rings. The van der Waals surface area contributed by atoms with Crippen molar-refractivity contribution in [3.63, 3.8) is 0 Å². The Morgan fingerprint density at radius 1 is 1.09 bits per heavy atom. The number of ether oxygens (including phenoxy) is 2. The fourth-order valence-corrected chi connectivity index (χ4v) is 3.82. The van der Waals surface area contributed by atoms with Crippen molar-refractivity contribution in [2.45, 2.75) is 38.3 Å². The van der Waals surface area contributed by atoms with Gasteiger partial charge in [0.1, 0.15) is 11.8 Å². The van der Waals surface area contributed by atoms with Gasteiger partial charge in [0.15, 0.2) is 5.60 Å². The molecular weight excluding hydrogens is 454 g/mol. The Hall–Kier alpha value is -2.61. The molecule has 0 bridgehead atoms. The average Bonchev–Trinajstić information content (AvgIpc) is 2.84. The minimum Gasteiger partial charge on any atom is -0.478 e. The number of rotatable bonds is 11. The molecule has 2 N–H and O–H groups in total. The number of hydrogen-bond donors (Lipinski definition) is 2. The Balaban J connectivity index is 1.58. The summed E-state index contributed by atoms with van der Waals surface area (Å²) in [7, 11) is 0. The van der Waals surface area contributed by atoms with E-state index in [4.69, 9.17) is 21.1 Å². The summed E-state index contributed by atoms with van der Waals surface area (Å²) < 4.78 is 11.3. The standard InChI is InChI=1S/C26H34ClN3O4/c1-26(2,34-22-11-9-21(27)10-12-22)25(32)29-23(19-20-7-4-3-5-8-20)24(31)28-13-6-14-30-15-17-33-18-16-30/h3-5,7-12,23H,6,13-19H2,1-2H3,(H,28,31)(H,29,32)/t23-/m0/s1. The van der Waals surface area contributed by atoms with E-state index in [0.717, 1.165) is 44.8 Å².